The van der Waals surface area contributed by atoms with Crippen molar-refractivity contribution in [3.05, 3.63) is 59.3 Å². The summed E-state index contributed by atoms with van der Waals surface area (Å²) in [5.41, 5.74) is 6.96. The fourth-order valence-electron chi connectivity index (χ4n) is 4.73. The Balaban J connectivity index is 1.38. The van der Waals surface area contributed by atoms with Gasteiger partial charge in [-0.15, -0.1) is 0 Å². The largest absolute Gasteiger partial charge is 0.302 e. The fraction of sp³-hybridized carbons (Fsp3) is 0.458. The number of nitrogens with zero attached hydrogens (tertiary/aromatic N) is 6. The van der Waals surface area contributed by atoms with Crippen LogP contribution in [-0.2, 0) is 13.1 Å². The number of piperidine rings is 1. The number of rotatable bonds is 5. The first-order chi connectivity index (χ1) is 14.6. The molecule has 0 spiro atoms. The monoisotopic (exact) mass is 402 g/mol. The van der Waals surface area contributed by atoms with Crippen molar-refractivity contribution < 1.29 is 0 Å². The van der Waals surface area contributed by atoms with Gasteiger partial charge in [-0.3, -0.25) is 4.90 Å². The lowest BCUT2D eigenvalue weighted by Gasteiger charge is -2.32. The Kier molecular flexibility index (Phi) is 5.03. The third-order valence-electron chi connectivity index (χ3n) is 6.32. The molecule has 0 amide bonds. The molecule has 1 saturated heterocycles. The quantitative estimate of drug-likeness (QED) is 0.494. The molecule has 1 aliphatic rings. The first-order valence-electron chi connectivity index (χ1n) is 11.1. The van der Waals surface area contributed by atoms with E-state index in [4.69, 9.17) is 9.97 Å². The van der Waals surface area contributed by atoms with E-state index in [1.54, 1.807) is 0 Å². The summed E-state index contributed by atoms with van der Waals surface area (Å²) < 4.78 is 4.29. The van der Waals surface area contributed by atoms with Crippen LogP contribution in [0.25, 0.3) is 16.7 Å². The van der Waals surface area contributed by atoms with Gasteiger partial charge >= 0.3 is 0 Å². The van der Waals surface area contributed by atoms with Gasteiger partial charge < -0.3 is 4.40 Å². The van der Waals surface area contributed by atoms with Gasteiger partial charge in [-0.2, -0.15) is 5.10 Å². The van der Waals surface area contributed by atoms with Crippen LogP contribution in [-0.4, -0.2) is 42.1 Å². The average Bonchev–Trinajstić information content (AvgIpc) is 3.28. The predicted molar refractivity (Wildman–Crippen MR) is 120 cm³/mol. The van der Waals surface area contributed by atoms with Gasteiger partial charge in [-0.25, -0.2) is 14.6 Å². The maximum absolute atomic E-state index is 5.04. The first-order valence-corrected chi connectivity index (χ1v) is 11.1. The minimum atomic E-state index is 0.467. The van der Waals surface area contributed by atoms with Gasteiger partial charge in [0.15, 0.2) is 5.65 Å². The van der Waals surface area contributed by atoms with E-state index in [1.807, 2.05) is 10.9 Å². The van der Waals surface area contributed by atoms with E-state index < -0.39 is 0 Å². The Bertz CT molecular complexity index is 1190. The van der Waals surface area contributed by atoms with Gasteiger partial charge in [0.25, 0.3) is 0 Å². The topological polar surface area (TPSA) is 51.2 Å². The van der Waals surface area contributed by atoms with Crippen LogP contribution in [0.1, 0.15) is 54.7 Å². The Morgan fingerprint density at radius 1 is 1.13 bits per heavy atom. The van der Waals surface area contributed by atoms with E-state index in [2.05, 4.69) is 65.6 Å². The fourth-order valence-corrected chi connectivity index (χ4v) is 4.73. The molecule has 1 atom stereocenters. The molecule has 5 rings (SSSR count). The van der Waals surface area contributed by atoms with Gasteiger partial charge in [0.1, 0.15) is 5.65 Å². The molecule has 1 aliphatic heterocycles. The Morgan fingerprint density at radius 2 is 2.03 bits per heavy atom. The van der Waals surface area contributed by atoms with Crippen molar-refractivity contribution >= 4 is 16.7 Å². The van der Waals surface area contributed by atoms with Gasteiger partial charge in [0, 0.05) is 42.8 Å². The Morgan fingerprint density at radius 3 is 2.90 bits per heavy atom. The molecular formula is C24H30N6. The molecule has 0 bridgehead atoms. The molecule has 1 fully saturated rings. The SMILES string of the molecule is CCCn1ncc2ccc(C3CCCN(Cc4c(C)nc5cc(C)ccn45)C3)nc21. The standard InChI is InChI=1S/C24H30N6/c1-4-10-30-24-19(14-25-30)7-8-21(27-24)20-6-5-11-28(15-20)16-22-18(3)26-23-13-17(2)9-12-29(22)23/h7-9,12-14,20H,4-6,10-11,15-16H2,1-3H3. The van der Waals surface area contributed by atoms with E-state index in [-0.39, 0.29) is 0 Å². The smallest absolute Gasteiger partial charge is 0.157 e. The van der Waals surface area contributed by atoms with Gasteiger partial charge in [-0.05, 0) is 69.5 Å². The van der Waals surface area contributed by atoms with Crippen LogP contribution in [0.4, 0.5) is 0 Å². The summed E-state index contributed by atoms with van der Waals surface area (Å²) >= 11 is 0. The Labute approximate surface area is 177 Å². The van der Waals surface area contributed by atoms with Crippen molar-refractivity contribution in [1.29, 1.82) is 0 Å². The molecule has 6 nitrogen and oxygen atoms in total. The van der Waals surface area contributed by atoms with E-state index in [1.165, 1.54) is 29.8 Å². The van der Waals surface area contributed by atoms with E-state index in [0.717, 1.165) is 55.0 Å². The van der Waals surface area contributed by atoms with Crippen LogP contribution in [0.2, 0.25) is 0 Å². The van der Waals surface area contributed by atoms with E-state index in [0.29, 0.717) is 5.92 Å². The molecule has 0 N–H and O–H groups in total. The van der Waals surface area contributed by atoms with Gasteiger partial charge in [0.05, 0.1) is 17.6 Å². The highest BCUT2D eigenvalue weighted by molar-refractivity contribution is 5.74. The highest BCUT2D eigenvalue weighted by Crippen LogP contribution is 2.28. The second kappa shape index (κ2) is 7.84. The normalized spacial score (nSPS) is 17.9. The van der Waals surface area contributed by atoms with Gasteiger partial charge in [-0.1, -0.05) is 6.92 Å². The number of aromatic nitrogens is 5. The molecular weight excluding hydrogens is 372 g/mol. The second-order valence-corrected chi connectivity index (χ2v) is 8.67. The molecule has 0 saturated carbocycles. The summed E-state index contributed by atoms with van der Waals surface area (Å²) in [7, 11) is 0. The van der Waals surface area contributed by atoms with E-state index >= 15 is 0 Å². The van der Waals surface area contributed by atoms with Crippen LogP contribution in [0.5, 0.6) is 0 Å². The molecule has 0 aromatic carbocycles. The summed E-state index contributed by atoms with van der Waals surface area (Å²) in [6, 6.07) is 8.72. The lowest BCUT2D eigenvalue weighted by Crippen LogP contribution is -2.34. The number of hydrogen-bond acceptors (Lipinski definition) is 4. The van der Waals surface area contributed by atoms with Crippen molar-refractivity contribution in [1.82, 2.24) is 29.0 Å². The van der Waals surface area contributed by atoms with Crippen LogP contribution in [0.15, 0.2) is 36.7 Å². The molecule has 1 unspecified atom stereocenters. The molecule has 4 aromatic heterocycles. The first kappa shape index (κ1) is 19.2. The van der Waals surface area contributed by atoms with Crippen LogP contribution >= 0.6 is 0 Å². The maximum Gasteiger partial charge on any atom is 0.157 e. The average molecular weight is 403 g/mol. The molecule has 4 aromatic rings. The number of aryl methyl sites for hydroxylation is 3. The lowest BCUT2D eigenvalue weighted by molar-refractivity contribution is 0.196. The molecule has 0 aliphatic carbocycles. The molecule has 156 valence electrons. The number of imidazole rings is 1. The summed E-state index contributed by atoms with van der Waals surface area (Å²) in [6.07, 6.45) is 7.56. The number of fused-ring (bicyclic) bond motifs is 2. The Hall–Kier alpha value is -2.73. The number of pyridine rings is 2. The minimum Gasteiger partial charge on any atom is -0.302 e. The van der Waals surface area contributed by atoms with Gasteiger partial charge in [0.2, 0.25) is 0 Å². The maximum atomic E-state index is 5.04. The zero-order chi connectivity index (χ0) is 20.7. The third-order valence-corrected chi connectivity index (χ3v) is 6.32. The van der Waals surface area contributed by atoms with Crippen LogP contribution in [0.3, 0.4) is 0 Å². The second-order valence-electron chi connectivity index (χ2n) is 8.67. The number of likely N-dealkylation sites (tertiary alicyclic amines) is 1. The molecule has 5 heterocycles. The highest BCUT2D eigenvalue weighted by Gasteiger charge is 2.24. The lowest BCUT2D eigenvalue weighted by atomic mass is 9.94. The van der Waals surface area contributed by atoms with Crippen molar-refractivity contribution in [3.8, 4) is 0 Å². The summed E-state index contributed by atoms with van der Waals surface area (Å²) in [5, 5.41) is 5.65. The van der Waals surface area contributed by atoms with Crippen LogP contribution < -0.4 is 0 Å². The zero-order valence-electron chi connectivity index (χ0n) is 18.2. The van der Waals surface area contributed by atoms with Crippen LogP contribution in [0, 0.1) is 13.8 Å². The number of hydrogen-bond donors (Lipinski definition) is 0. The summed E-state index contributed by atoms with van der Waals surface area (Å²) in [5.74, 6) is 0.467. The van der Waals surface area contributed by atoms with Crippen molar-refractivity contribution in [3.63, 3.8) is 0 Å². The van der Waals surface area contributed by atoms with Crippen molar-refractivity contribution in [2.24, 2.45) is 0 Å². The predicted octanol–water partition coefficient (Wildman–Crippen LogP) is 4.49. The highest BCUT2D eigenvalue weighted by atomic mass is 15.3. The zero-order valence-corrected chi connectivity index (χ0v) is 18.2. The van der Waals surface area contributed by atoms with E-state index in [9.17, 15) is 0 Å². The molecule has 0 radical (unpaired) electrons. The van der Waals surface area contributed by atoms with Crippen molar-refractivity contribution in [2.75, 3.05) is 13.1 Å². The van der Waals surface area contributed by atoms with Crippen molar-refractivity contribution in [2.45, 2.75) is 59.0 Å². The third kappa shape index (κ3) is 3.49. The summed E-state index contributed by atoms with van der Waals surface area (Å²) in [6.45, 7) is 10.5. The summed E-state index contributed by atoms with van der Waals surface area (Å²) in [4.78, 5) is 12.4. The minimum absolute atomic E-state index is 0.467. The molecule has 30 heavy (non-hydrogen) atoms. The molecule has 6 heteroatoms.